The Labute approximate surface area is 114 Å². The molecule has 2 unspecified atom stereocenters. The topological polar surface area (TPSA) is 47.3 Å². The van der Waals surface area contributed by atoms with E-state index in [1.165, 1.54) is 5.56 Å². The van der Waals surface area contributed by atoms with Crippen LogP contribution in [0.1, 0.15) is 24.5 Å². The third-order valence-corrected chi connectivity index (χ3v) is 3.72. The van der Waals surface area contributed by atoms with Crippen molar-refractivity contribution in [3.63, 3.8) is 0 Å². The third-order valence-electron chi connectivity index (χ3n) is 3.50. The number of hydrogen-bond donors (Lipinski definition) is 2. The molecule has 0 saturated carbocycles. The SMILES string of the molecule is Cc1ccc(NC(C)C2CCOC2)c(C(N)=S)c1. The molecule has 0 bridgehead atoms. The molecule has 0 amide bonds. The van der Waals surface area contributed by atoms with Crippen LogP contribution >= 0.6 is 12.2 Å². The zero-order chi connectivity index (χ0) is 13.1. The van der Waals surface area contributed by atoms with Gasteiger partial charge in [-0.25, -0.2) is 0 Å². The molecule has 1 aromatic carbocycles. The van der Waals surface area contributed by atoms with E-state index >= 15 is 0 Å². The molecular formula is C14H20N2OS. The zero-order valence-electron chi connectivity index (χ0n) is 10.9. The Morgan fingerprint density at radius 2 is 2.33 bits per heavy atom. The Morgan fingerprint density at radius 3 is 2.94 bits per heavy atom. The molecule has 1 saturated heterocycles. The third kappa shape index (κ3) is 3.00. The average Bonchev–Trinajstić information content (AvgIpc) is 2.84. The largest absolute Gasteiger partial charge is 0.389 e. The number of nitrogens with one attached hydrogen (secondary N) is 1. The van der Waals surface area contributed by atoms with Gasteiger partial charge in [-0.15, -0.1) is 0 Å². The highest BCUT2D eigenvalue weighted by Crippen LogP contribution is 2.23. The number of anilines is 1. The summed E-state index contributed by atoms with van der Waals surface area (Å²) < 4.78 is 5.42. The fourth-order valence-electron chi connectivity index (χ4n) is 2.30. The van der Waals surface area contributed by atoms with E-state index in [0.29, 0.717) is 16.9 Å². The second kappa shape index (κ2) is 5.67. The first-order valence-electron chi connectivity index (χ1n) is 6.32. The average molecular weight is 264 g/mol. The molecule has 1 aliphatic rings. The molecule has 4 heteroatoms. The van der Waals surface area contributed by atoms with E-state index in [1.54, 1.807) is 0 Å². The summed E-state index contributed by atoms with van der Waals surface area (Å²) in [4.78, 5) is 0.441. The van der Waals surface area contributed by atoms with Gasteiger partial charge in [0.2, 0.25) is 0 Å². The van der Waals surface area contributed by atoms with Crippen LogP contribution in [0.15, 0.2) is 18.2 Å². The van der Waals surface area contributed by atoms with Crippen molar-refractivity contribution in [2.75, 3.05) is 18.5 Å². The van der Waals surface area contributed by atoms with Gasteiger partial charge in [0, 0.05) is 29.8 Å². The van der Waals surface area contributed by atoms with E-state index in [-0.39, 0.29) is 0 Å². The van der Waals surface area contributed by atoms with E-state index in [1.807, 2.05) is 13.0 Å². The molecule has 1 fully saturated rings. The van der Waals surface area contributed by atoms with Crippen molar-refractivity contribution in [3.8, 4) is 0 Å². The Bertz CT molecular complexity index is 441. The highest BCUT2D eigenvalue weighted by atomic mass is 32.1. The van der Waals surface area contributed by atoms with Gasteiger partial charge < -0.3 is 15.8 Å². The molecule has 2 rings (SSSR count). The summed E-state index contributed by atoms with van der Waals surface area (Å²) in [6.07, 6.45) is 1.11. The predicted molar refractivity (Wildman–Crippen MR) is 79.1 cm³/mol. The smallest absolute Gasteiger partial charge is 0.106 e. The Morgan fingerprint density at radius 1 is 1.56 bits per heavy atom. The fourth-order valence-corrected chi connectivity index (χ4v) is 2.47. The number of rotatable bonds is 4. The summed E-state index contributed by atoms with van der Waals surface area (Å²) in [5, 5.41) is 3.51. The van der Waals surface area contributed by atoms with Crippen LogP contribution in [0.4, 0.5) is 5.69 Å². The molecule has 0 aromatic heterocycles. The number of nitrogens with two attached hydrogens (primary N) is 1. The maximum absolute atomic E-state index is 5.78. The Balaban J connectivity index is 2.15. The molecular weight excluding hydrogens is 244 g/mol. The number of ether oxygens (including phenoxy) is 1. The lowest BCUT2D eigenvalue weighted by Crippen LogP contribution is -2.27. The molecule has 1 aromatic rings. The minimum atomic E-state index is 0.364. The van der Waals surface area contributed by atoms with E-state index in [0.717, 1.165) is 30.9 Å². The highest BCUT2D eigenvalue weighted by molar-refractivity contribution is 7.80. The molecule has 2 atom stereocenters. The monoisotopic (exact) mass is 264 g/mol. The van der Waals surface area contributed by atoms with Crippen LogP contribution in [0.2, 0.25) is 0 Å². The minimum absolute atomic E-state index is 0.364. The molecule has 0 aliphatic carbocycles. The molecule has 1 aliphatic heterocycles. The van der Waals surface area contributed by atoms with Gasteiger partial charge in [-0.05, 0) is 32.4 Å². The second-order valence-corrected chi connectivity index (χ2v) is 5.41. The summed E-state index contributed by atoms with van der Waals surface area (Å²) in [6.45, 7) is 5.93. The number of hydrogen-bond acceptors (Lipinski definition) is 3. The maximum Gasteiger partial charge on any atom is 0.106 e. The van der Waals surface area contributed by atoms with Crippen molar-refractivity contribution in [1.82, 2.24) is 0 Å². The lowest BCUT2D eigenvalue weighted by atomic mass is 9.99. The van der Waals surface area contributed by atoms with Crippen LogP contribution in [-0.4, -0.2) is 24.2 Å². The first-order chi connectivity index (χ1) is 8.58. The highest BCUT2D eigenvalue weighted by Gasteiger charge is 2.22. The summed E-state index contributed by atoms with van der Waals surface area (Å²) in [5.74, 6) is 0.561. The van der Waals surface area contributed by atoms with Crippen LogP contribution in [0.3, 0.4) is 0 Å². The van der Waals surface area contributed by atoms with Crippen LogP contribution in [0.5, 0.6) is 0 Å². The van der Waals surface area contributed by atoms with Gasteiger partial charge in [0.15, 0.2) is 0 Å². The van der Waals surface area contributed by atoms with Gasteiger partial charge in [-0.1, -0.05) is 23.8 Å². The van der Waals surface area contributed by atoms with Crippen LogP contribution in [0, 0.1) is 12.8 Å². The molecule has 0 spiro atoms. The summed E-state index contributed by atoms with van der Waals surface area (Å²) in [6, 6.07) is 6.52. The number of aryl methyl sites for hydroxylation is 1. The van der Waals surface area contributed by atoms with Crippen molar-refractivity contribution in [3.05, 3.63) is 29.3 Å². The second-order valence-electron chi connectivity index (χ2n) is 4.97. The van der Waals surface area contributed by atoms with Crippen molar-refractivity contribution < 1.29 is 4.74 Å². The van der Waals surface area contributed by atoms with Gasteiger partial charge in [-0.2, -0.15) is 0 Å². The summed E-state index contributed by atoms with van der Waals surface area (Å²) in [5.41, 5.74) is 8.89. The van der Waals surface area contributed by atoms with Crippen molar-refractivity contribution in [1.29, 1.82) is 0 Å². The van der Waals surface area contributed by atoms with Gasteiger partial charge >= 0.3 is 0 Å². The normalized spacial score (nSPS) is 20.7. The van der Waals surface area contributed by atoms with Gasteiger partial charge in [0.1, 0.15) is 4.99 Å². The van der Waals surface area contributed by atoms with E-state index in [2.05, 4.69) is 24.4 Å². The lowest BCUT2D eigenvalue weighted by molar-refractivity contribution is 0.183. The lowest BCUT2D eigenvalue weighted by Gasteiger charge is -2.22. The molecule has 18 heavy (non-hydrogen) atoms. The standard InChI is InChI=1S/C14H20N2OS/c1-9-3-4-13(12(7-9)14(15)18)16-10(2)11-5-6-17-8-11/h3-4,7,10-11,16H,5-6,8H2,1-2H3,(H2,15,18). The first kappa shape index (κ1) is 13.3. The van der Waals surface area contributed by atoms with Gasteiger partial charge in [0.25, 0.3) is 0 Å². The zero-order valence-corrected chi connectivity index (χ0v) is 11.7. The summed E-state index contributed by atoms with van der Waals surface area (Å²) in [7, 11) is 0. The van der Waals surface area contributed by atoms with Crippen molar-refractivity contribution in [2.45, 2.75) is 26.3 Å². The van der Waals surface area contributed by atoms with E-state index in [9.17, 15) is 0 Å². The van der Waals surface area contributed by atoms with E-state index < -0.39 is 0 Å². The van der Waals surface area contributed by atoms with E-state index in [4.69, 9.17) is 22.7 Å². The minimum Gasteiger partial charge on any atom is -0.389 e. The van der Waals surface area contributed by atoms with Crippen LogP contribution < -0.4 is 11.1 Å². The fraction of sp³-hybridized carbons (Fsp3) is 0.500. The molecule has 3 N–H and O–H groups in total. The first-order valence-corrected chi connectivity index (χ1v) is 6.73. The number of thiocarbonyl (C=S) groups is 1. The Kier molecular flexibility index (Phi) is 4.19. The summed E-state index contributed by atoms with van der Waals surface area (Å²) >= 11 is 5.11. The van der Waals surface area contributed by atoms with Crippen molar-refractivity contribution in [2.24, 2.45) is 11.7 Å². The molecule has 1 heterocycles. The van der Waals surface area contributed by atoms with Gasteiger partial charge in [-0.3, -0.25) is 0 Å². The molecule has 0 radical (unpaired) electrons. The predicted octanol–water partition coefficient (Wildman–Crippen LogP) is 2.47. The molecule has 98 valence electrons. The van der Waals surface area contributed by atoms with Crippen LogP contribution in [0.25, 0.3) is 0 Å². The Hall–Kier alpha value is -1.13. The van der Waals surface area contributed by atoms with Crippen LogP contribution in [-0.2, 0) is 4.74 Å². The quantitative estimate of drug-likeness (QED) is 0.820. The van der Waals surface area contributed by atoms with Gasteiger partial charge in [0.05, 0.1) is 6.61 Å². The van der Waals surface area contributed by atoms with Crippen molar-refractivity contribution >= 4 is 22.9 Å². The maximum atomic E-state index is 5.78. The number of benzene rings is 1. The molecule has 3 nitrogen and oxygen atoms in total.